The lowest BCUT2D eigenvalue weighted by atomic mass is 9.96. The lowest BCUT2D eigenvalue weighted by molar-refractivity contribution is 0.665. The molecule has 0 radical (unpaired) electrons. The Kier molecular flexibility index (Phi) is 3.47. The molecule has 6 aromatic rings. The van der Waals surface area contributed by atoms with Crippen molar-refractivity contribution in [1.82, 2.24) is 0 Å². The Balaban J connectivity index is 1.63. The number of fused-ring (bicyclic) bond motifs is 6. The van der Waals surface area contributed by atoms with Crippen LogP contribution in [0.25, 0.3) is 55.0 Å². The molecule has 0 unspecified atom stereocenters. The molecule has 146 valence electrons. The van der Waals surface area contributed by atoms with Crippen molar-refractivity contribution >= 4 is 43.9 Å². The van der Waals surface area contributed by atoms with Crippen LogP contribution < -0.4 is 0 Å². The zero-order valence-corrected chi connectivity index (χ0v) is 17.6. The molecule has 2 nitrogen and oxygen atoms in total. The number of aryl methyl sites for hydroxylation is 4. The summed E-state index contributed by atoms with van der Waals surface area (Å²) in [5.74, 6) is 0. The first-order valence-electron chi connectivity index (χ1n) is 10.4. The second-order valence-electron chi connectivity index (χ2n) is 8.44. The molecule has 0 aliphatic carbocycles. The predicted octanol–water partition coefficient (Wildman–Crippen LogP) is 8.39. The van der Waals surface area contributed by atoms with Gasteiger partial charge in [0.15, 0.2) is 0 Å². The molecular formula is C28H22O2. The molecule has 2 aromatic heterocycles. The Labute approximate surface area is 174 Å². The van der Waals surface area contributed by atoms with Gasteiger partial charge in [-0.3, -0.25) is 0 Å². The van der Waals surface area contributed by atoms with Gasteiger partial charge in [0, 0.05) is 21.5 Å². The van der Waals surface area contributed by atoms with Crippen LogP contribution in [0.1, 0.15) is 22.3 Å². The number of hydrogen-bond donors (Lipinski definition) is 0. The van der Waals surface area contributed by atoms with Crippen molar-refractivity contribution in [3.63, 3.8) is 0 Å². The molecule has 0 saturated carbocycles. The van der Waals surface area contributed by atoms with E-state index in [0.717, 1.165) is 33.5 Å². The van der Waals surface area contributed by atoms with E-state index in [0.29, 0.717) is 0 Å². The topological polar surface area (TPSA) is 26.3 Å². The van der Waals surface area contributed by atoms with E-state index in [1.807, 2.05) is 6.07 Å². The smallest absolute Gasteiger partial charge is 0.138 e. The summed E-state index contributed by atoms with van der Waals surface area (Å²) in [4.78, 5) is 0. The summed E-state index contributed by atoms with van der Waals surface area (Å²) in [6, 6.07) is 21.4. The Bertz CT molecular complexity index is 1620. The van der Waals surface area contributed by atoms with Crippen LogP contribution in [0.2, 0.25) is 0 Å². The quantitative estimate of drug-likeness (QED) is 0.282. The third-order valence-electron chi connectivity index (χ3n) is 6.33. The maximum Gasteiger partial charge on any atom is 0.138 e. The number of rotatable bonds is 1. The fraction of sp³-hybridized carbons (Fsp3) is 0.143. The van der Waals surface area contributed by atoms with Gasteiger partial charge in [-0.2, -0.15) is 0 Å². The van der Waals surface area contributed by atoms with E-state index >= 15 is 0 Å². The van der Waals surface area contributed by atoms with Crippen molar-refractivity contribution in [2.45, 2.75) is 27.7 Å². The summed E-state index contributed by atoms with van der Waals surface area (Å²) in [6.45, 7) is 8.58. The first-order valence-corrected chi connectivity index (χ1v) is 10.4. The standard InChI is InChI=1S/C28H22O2/c1-15-7-6-10-22-26(15)27-18(4)12-20(14-24(27)29-22)19-11-17(3)25-21-9-5-8-16(2)28(21)30-23(25)13-19/h5-14H,1-4H3. The fourth-order valence-corrected chi connectivity index (χ4v) is 4.93. The maximum absolute atomic E-state index is 6.28. The molecule has 0 amide bonds. The first-order chi connectivity index (χ1) is 14.5. The van der Waals surface area contributed by atoms with Gasteiger partial charge >= 0.3 is 0 Å². The van der Waals surface area contributed by atoms with E-state index in [1.54, 1.807) is 0 Å². The Morgan fingerprint density at radius 2 is 1.10 bits per heavy atom. The van der Waals surface area contributed by atoms with Gasteiger partial charge in [-0.05, 0) is 79.3 Å². The van der Waals surface area contributed by atoms with Crippen molar-refractivity contribution < 1.29 is 8.83 Å². The van der Waals surface area contributed by atoms with Crippen molar-refractivity contribution in [2.24, 2.45) is 0 Å². The minimum atomic E-state index is 0.938. The largest absolute Gasteiger partial charge is 0.456 e. The lowest BCUT2D eigenvalue weighted by Crippen LogP contribution is -1.84. The molecular weight excluding hydrogens is 368 g/mol. The van der Waals surface area contributed by atoms with Gasteiger partial charge in [0.2, 0.25) is 0 Å². The Morgan fingerprint density at radius 1 is 0.500 bits per heavy atom. The third-order valence-corrected chi connectivity index (χ3v) is 6.33. The van der Waals surface area contributed by atoms with E-state index in [4.69, 9.17) is 8.83 Å². The molecule has 0 fully saturated rings. The first kappa shape index (κ1) is 17.3. The van der Waals surface area contributed by atoms with Crippen LogP contribution in [0.15, 0.2) is 69.5 Å². The third kappa shape index (κ3) is 2.31. The molecule has 0 aliphatic rings. The van der Waals surface area contributed by atoms with Gasteiger partial charge in [0.1, 0.15) is 22.3 Å². The zero-order chi connectivity index (χ0) is 20.6. The lowest BCUT2D eigenvalue weighted by Gasteiger charge is -2.07. The van der Waals surface area contributed by atoms with E-state index < -0.39 is 0 Å². The van der Waals surface area contributed by atoms with E-state index in [-0.39, 0.29) is 0 Å². The van der Waals surface area contributed by atoms with Crippen LogP contribution in [-0.4, -0.2) is 0 Å². The molecule has 2 heteroatoms. The molecule has 0 atom stereocenters. The highest BCUT2D eigenvalue weighted by Gasteiger charge is 2.16. The van der Waals surface area contributed by atoms with Crippen molar-refractivity contribution in [3.05, 3.63) is 82.9 Å². The number of benzene rings is 4. The molecule has 0 N–H and O–H groups in total. The summed E-state index contributed by atoms with van der Waals surface area (Å²) in [5, 5.41) is 4.82. The maximum atomic E-state index is 6.28. The van der Waals surface area contributed by atoms with Crippen LogP contribution in [0.3, 0.4) is 0 Å². The summed E-state index contributed by atoms with van der Waals surface area (Å²) in [5.41, 5.74) is 11.0. The van der Waals surface area contributed by atoms with Gasteiger partial charge in [-0.1, -0.05) is 42.5 Å². The van der Waals surface area contributed by atoms with Gasteiger partial charge in [-0.15, -0.1) is 0 Å². The number of furan rings is 2. The van der Waals surface area contributed by atoms with Crippen LogP contribution in [0.5, 0.6) is 0 Å². The second kappa shape index (κ2) is 5.99. The highest BCUT2D eigenvalue weighted by molar-refractivity contribution is 6.11. The minimum Gasteiger partial charge on any atom is -0.456 e. The molecule has 4 aromatic carbocycles. The van der Waals surface area contributed by atoms with E-state index in [2.05, 4.69) is 82.3 Å². The van der Waals surface area contributed by atoms with Crippen molar-refractivity contribution in [3.8, 4) is 11.1 Å². The average molecular weight is 390 g/mol. The highest BCUT2D eigenvalue weighted by Crippen LogP contribution is 2.39. The molecule has 0 spiro atoms. The molecule has 30 heavy (non-hydrogen) atoms. The van der Waals surface area contributed by atoms with Crippen molar-refractivity contribution in [2.75, 3.05) is 0 Å². The van der Waals surface area contributed by atoms with Gasteiger partial charge in [-0.25, -0.2) is 0 Å². The minimum absolute atomic E-state index is 0.938. The summed E-state index contributed by atoms with van der Waals surface area (Å²) >= 11 is 0. The van der Waals surface area contributed by atoms with E-state index in [1.165, 1.54) is 43.8 Å². The molecule has 0 aliphatic heterocycles. The predicted molar refractivity (Wildman–Crippen MR) is 125 cm³/mol. The SMILES string of the molecule is Cc1cccc2c1oc1cc(-c3cc(C)c4c(c3)oc3cccc(C)c34)cc(C)c12. The van der Waals surface area contributed by atoms with Crippen molar-refractivity contribution in [1.29, 1.82) is 0 Å². The highest BCUT2D eigenvalue weighted by atomic mass is 16.3. The van der Waals surface area contributed by atoms with Crippen LogP contribution in [0, 0.1) is 27.7 Å². The molecule has 0 bridgehead atoms. The van der Waals surface area contributed by atoms with Crippen LogP contribution in [-0.2, 0) is 0 Å². The molecule has 2 heterocycles. The monoisotopic (exact) mass is 390 g/mol. The van der Waals surface area contributed by atoms with Gasteiger partial charge in [0.05, 0.1) is 0 Å². The Morgan fingerprint density at radius 3 is 1.87 bits per heavy atom. The second-order valence-corrected chi connectivity index (χ2v) is 8.44. The number of hydrogen-bond acceptors (Lipinski definition) is 2. The summed E-state index contributed by atoms with van der Waals surface area (Å²) < 4.78 is 12.5. The van der Waals surface area contributed by atoms with Crippen LogP contribution >= 0.6 is 0 Å². The number of para-hydroxylation sites is 1. The molecule has 6 rings (SSSR count). The normalized spacial score (nSPS) is 12.0. The Hall–Kier alpha value is -3.52. The van der Waals surface area contributed by atoms with Gasteiger partial charge in [0.25, 0.3) is 0 Å². The van der Waals surface area contributed by atoms with Crippen LogP contribution in [0.4, 0.5) is 0 Å². The van der Waals surface area contributed by atoms with Gasteiger partial charge < -0.3 is 8.83 Å². The molecule has 0 saturated heterocycles. The van der Waals surface area contributed by atoms with E-state index in [9.17, 15) is 0 Å². The average Bonchev–Trinajstić information content (AvgIpc) is 3.28. The summed E-state index contributed by atoms with van der Waals surface area (Å²) in [7, 11) is 0. The zero-order valence-electron chi connectivity index (χ0n) is 17.6. The summed E-state index contributed by atoms with van der Waals surface area (Å²) in [6.07, 6.45) is 0. The fourth-order valence-electron chi connectivity index (χ4n) is 4.93.